The molecule has 0 bridgehead atoms. The molecule has 0 aliphatic carbocycles. The maximum absolute atomic E-state index is 10.7. The largest absolute Gasteiger partial charge is 0.393 e. The van der Waals surface area contributed by atoms with Gasteiger partial charge in [0.1, 0.15) is 11.4 Å². The average molecular weight is 306 g/mol. The minimum absolute atomic E-state index is 0.0554. The van der Waals surface area contributed by atoms with Crippen LogP contribution in [0.15, 0.2) is 46.2 Å². The summed E-state index contributed by atoms with van der Waals surface area (Å²) in [5.74, 6) is 0. The first-order valence-electron chi connectivity index (χ1n) is 5.64. The summed E-state index contributed by atoms with van der Waals surface area (Å²) >= 11 is 1.25. The molecular formula is C12H10N4O4S. The van der Waals surface area contributed by atoms with E-state index in [0.717, 1.165) is 0 Å². The highest BCUT2D eigenvalue weighted by Crippen LogP contribution is 2.35. The van der Waals surface area contributed by atoms with E-state index in [4.69, 9.17) is 11.5 Å². The third-order valence-electron chi connectivity index (χ3n) is 2.63. The summed E-state index contributed by atoms with van der Waals surface area (Å²) in [4.78, 5) is 21.6. The smallest absolute Gasteiger partial charge is 0.292 e. The zero-order chi connectivity index (χ0) is 15.6. The van der Waals surface area contributed by atoms with E-state index < -0.39 is 9.85 Å². The lowest BCUT2D eigenvalue weighted by atomic mass is 10.3. The van der Waals surface area contributed by atoms with Gasteiger partial charge >= 0.3 is 0 Å². The van der Waals surface area contributed by atoms with Crippen LogP contribution < -0.4 is 11.5 Å². The predicted octanol–water partition coefficient (Wildman–Crippen LogP) is 2.82. The van der Waals surface area contributed by atoms with E-state index >= 15 is 0 Å². The van der Waals surface area contributed by atoms with E-state index in [2.05, 4.69) is 0 Å². The van der Waals surface area contributed by atoms with Gasteiger partial charge in [0.05, 0.1) is 9.85 Å². The zero-order valence-electron chi connectivity index (χ0n) is 10.6. The lowest BCUT2D eigenvalue weighted by molar-refractivity contribution is -0.384. The van der Waals surface area contributed by atoms with Crippen LogP contribution in [0.2, 0.25) is 0 Å². The molecule has 8 nitrogen and oxygen atoms in total. The molecule has 4 N–H and O–H groups in total. The molecule has 0 radical (unpaired) electrons. The van der Waals surface area contributed by atoms with Crippen LogP contribution in [0.5, 0.6) is 0 Å². The summed E-state index contributed by atoms with van der Waals surface area (Å²) in [5.41, 5.74) is 11.0. The number of hydrogen-bond donors (Lipinski definition) is 2. The van der Waals surface area contributed by atoms with Crippen molar-refractivity contribution in [2.45, 2.75) is 9.79 Å². The van der Waals surface area contributed by atoms with Crippen LogP contribution in [0.25, 0.3) is 0 Å². The fourth-order valence-electron chi connectivity index (χ4n) is 1.66. The molecule has 0 aliphatic rings. The van der Waals surface area contributed by atoms with E-state index in [1.807, 2.05) is 0 Å². The fraction of sp³-hybridized carbons (Fsp3) is 0. The molecule has 2 rings (SSSR count). The molecule has 0 aromatic heterocycles. The number of rotatable bonds is 4. The van der Waals surface area contributed by atoms with Crippen molar-refractivity contribution in [1.82, 2.24) is 0 Å². The van der Waals surface area contributed by atoms with Gasteiger partial charge in [0.15, 0.2) is 0 Å². The first-order valence-corrected chi connectivity index (χ1v) is 6.46. The fourth-order valence-corrected chi connectivity index (χ4v) is 2.58. The summed E-state index contributed by atoms with van der Waals surface area (Å²) < 4.78 is 0. The third-order valence-corrected chi connectivity index (χ3v) is 3.61. The molecule has 0 atom stereocenters. The van der Waals surface area contributed by atoms with Gasteiger partial charge in [0, 0.05) is 21.9 Å². The van der Waals surface area contributed by atoms with Gasteiger partial charge in [0.2, 0.25) is 0 Å². The quantitative estimate of drug-likeness (QED) is 0.503. The van der Waals surface area contributed by atoms with Gasteiger partial charge in [-0.3, -0.25) is 20.2 Å². The van der Waals surface area contributed by atoms with Crippen molar-refractivity contribution in [3.8, 4) is 0 Å². The van der Waals surface area contributed by atoms with Gasteiger partial charge < -0.3 is 11.5 Å². The summed E-state index contributed by atoms with van der Waals surface area (Å²) in [5, 5.41) is 21.4. The Morgan fingerprint density at radius 3 is 1.48 bits per heavy atom. The van der Waals surface area contributed by atoms with Crippen LogP contribution in [0, 0.1) is 20.2 Å². The van der Waals surface area contributed by atoms with Crippen LogP contribution in [0.3, 0.4) is 0 Å². The normalized spacial score (nSPS) is 10.3. The standard InChI is InChI=1S/C12H10N4O4S/c13-9-5-7(1-3-11(9)15(17)18)21-8-2-4-12(16(19)20)10(14)6-8/h1-6H,13-14H2. The molecule has 9 heteroatoms. The van der Waals surface area contributed by atoms with Gasteiger partial charge in [-0.2, -0.15) is 0 Å². The predicted molar refractivity (Wildman–Crippen MR) is 79.1 cm³/mol. The maximum Gasteiger partial charge on any atom is 0.292 e. The van der Waals surface area contributed by atoms with E-state index in [9.17, 15) is 20.2 Å². The molecule has 2 aromatic carbocycles. The number of nitro groups is 2. The molecule has 0 saturated carbocycles. The van der Waals surface area contributed by atoms with E-state index in [0.29, 0.717) is 9.79 Å². The Morgan fingerprint density at radius 1 is 0.810 bits per heavy atom. The molecule has 0 spiro atoms. The summed E-state index contributed by atoms with van der Waals surface area (Å²) in [6, 6.07) is 8.67. The van der Waals surface area contributed by atoms with Crippen molar-refractivity contribution >= 4 is 34.5 Å². The Bertz CT molecular complexity index is 674. The molecule has 0 heterocycles. The number of hydrogen-bond acceptors (Lipinski definition) is 7. The van der Waals surface area contributed by atoms with Crippen molar-refractivity contribution in [2.24, 2.45) is 0 Å². The van der Waals surface area contributed by atoms with E-state index in [1.165, 1.54) is 36.0 Å². The number of anilines is 2. The van der Waals surface area contributed by atoms with Crippen LogP contribution in [0.4, 0.5) is 22.7 Å². The molecule has 0 saturated heterocycles. The molecule has 0 aliphatic heterocycles. The number of nitro benzene ring substituents is 2. The minimum atomic E-state index is -0.562. The molecular weight excluding hydrogens is 296 g/mol. The molecule has 0 amide bonds. The molecule has 0 unspecified atom stereocenters. The van der Waals surface area contributed by atoms with E-state index in [-0.39, 0.29) is 22.7 Å². The summed E-state index contributed by atoms with van der Waals surface area (Å²) in [6.07, 6.45) is 0. The first kappa shape index (κ1) is 14.6. The Morgan fingerprint density at radius 2 is 1.19 bits per heavy atom. The van der Waals surface area contributed by atoms with Crippen LogP contribution in [-0.4, -0.2) is 9.85 Å². The van der Waals surface area contributed by atoms with Crippen LogP contribution in [0.1, 0.15) is 0 Å². The monoisotopic (exact) mass is 306 g/mol. The number of benzene rings is 2. The Kier molecular flexibility index (Phi) is 3.94. The SMILES string of the molecule is Nc1cc(Sc2ccc([N+](=O)[O-])c(N)c2)ccc1[N+](=O)[O-]. The van der Waals surface area contributed by atoms with Gasteiger partial charge in [-0.25, -0.2) is 0 Å². The van der Waals surface area contributed by atoms with Gasteiger partial charge in [-0.05, 0) is 24.3 Å². The van der Waals surface area contributed by atoms with Crippen molar-refractivity contribution in [3.05, 3.63) is 56.6 Å². The number of nitrogens with two attached hydrogens (primary N) is 2. The summed E-state index contributed by atoms with van der Waals surface area (Å²) in [6.45, 7) is 0. The Balaban J connectivity index is 2.26. The Labute approximate surface area is 123 Å². The van der Waals surface area contributed by atoms with Crippen LogP contribution in [-0.2, 0) is 0 Å². The highest BCUT2D eigenvalue weighted by atomic mass is 32.2. The van der Waals surface area contributed by atoms with Crippen molar-refractivity contribution in [3.63, 3.8) is 0 Å². The second-order valence-corrected chi connectivity index (χ2v) is 5.20. The van der Waals surface area contributed by atoms with Crippen LogP contribution >= 0.6 is 11.8 Å². The number of nitrogen functional groups attached to an aromatic ring is 2. The molecule has 2 aromatic rings. The lowest BCUT2D eigenvalue weighted by Gasteiger charge is -2.05. The van der Waals surface area contributed by atoms with E-state index in [1.54, 1.807) is 12.1 Å². The van der Waals surface area contributed by atoms with Gasteiger partial charge in [-0.15, -0.1) is 0 Å². The van der Waals surface area contributed by atoms with Gasteiger partial charge in [-0.1, -0.05) is 11.8 Å². The average Bonchev–Trinajstić information content (AvgIpc) is 2.37. The second-order valence-electron chi connectivity index (χ2n) is 4.06. The molecule has 0 fully saturated rings. The second kappa shape index (κ2) is 5.67. The molecule has 108 valence electrons. The maximum atomic E-state index is 10.7. The minimum Gasteiger partial charge on any atom is -0.393 e. The highest BCUT2D eigenvalue weighted by Gasteiger charge is 2.14. The summed E-state index contributed by atoms with van der Waals surface area (Å²) in [7, 11) is 0. The topological polar surface area (TPSA) is 138 Å². The first-order chi connectivity index (χ1) is 9.88. The van der Waals surface area contributed by atoms with Crippen molar-refractivity contribution in [1.29, 1.82) is 0 Å². The third kappa shape index (κ3) is 3.20. The lowest BCUT2D eigenvalue weighted by Crippen LogP contribution is -1.96. The Hall–Kier alpha value is -2.81. The van der Waals surface area contributed by atoms with Crippen molar-refractivity contribution in [2.75, 3.05) is 11.5 Å². The molecule has 21 heavy (non-hydrogen) atoms. The number of nitrogens with zero attached hydrogens (tertiary/aromatic N) is 2. The van der Waals surface area contributed by atoms with Gasteiger partial charge in [0.25, 0.3) is 11.4 Å². The highest BCUT2D eigenvalue weighted by molar-refractivity contribution is 7.99. The van der Waals surface area contributed by atoms with Crippen molar-refractivity contribution < 1.29 is 9.85 Å². The zero-order valence-corrected chi connectivity index (χ0v) is 11.4.